The van der Waals surface area contributed by atoms with Crippen molar-refractivity contribution in [3.05, 3.63) is 0 Å². The molecule has 0 fully saturated rings. The van der Waals surface area contributed by atoms with Gasteiger partial charge in [0.1, 0.15) is 0 Å². The lowest BCUT2D eigenvalue weighted by atomic mass is 11.6. The molecule has 2 unspecified atom stereocenters. The van der Waals surface area contributed by atoms with E-state index in [1.807, 2.05) is 0 Å². The molecule has 10 heteroatoms. The topological polar surface area (TPSA) is 134 Å². The van der Waals surface area contributed by atoms with E-state index in [0.29, 0.717) is 0 Å². The van der Waals surface area contributed by atoms with E-state index in [1.165, 1.54) is 0 Å². The van der Waals surface area contributed by atoms with E-state index in [4.69, 9.17) is 16.4 Å². The summed E-state index contributed by atoms with van der Waals surface area (Å²) >= 11 is 0. The fourth-order valence-corrected chi connectivity index (χ4v) is 1.42. The average molecular weight is 234 g/mol. The molecule has 0 aromatic rings. The molecule has 0 aromatic heterocycles. The summed E-state index contributed by atoms with van der Waals surface area (Å²) in [4.78, 5) is 8.74. The summed E-state index contributed by atoms with van der Waals surface area (Å²) in [6.45, 7) is 0. The number of rotatable bonds is 6. The average Bonchev–Trinajstić information content (AvgIpc) is 2.14. The highest BCUT2D eigenvalue weighted by Gasteiger charge is 2.28. The Balaban J connectivity index is 4.16. The SMILES string of the molecule is COP(=O)(CN)OOP(=O)(O)CN. The molecular weight excluding hydrogens is 222 g/mol. The molecule has 13 heavy (non-hydrogen) atoms. The number of nitrogens with two attached hydrogens (primary N) is 2. The van der Waals surface area contributed by atoms with Crippen molar-refractivity contribution in [3.8, 4) is 0 Å². The third-order valence-electron chi connectivity index (χ3n) is 0.996. The van der Waals surface area contributed by atoms with E-state index >= 15 is 0 Å². The molecule has 0 bridgehead atoms. The van der Waals surface area contributed by atoms with Gasteiger partial charge in [0.15, 0.2) is 0 Å². The van der Waals surface area contributed by atoms with Crippen molar-refractivity contribution in [2.24, 2.45) is 11.5 Å². The third-order valence-corrected chi connectivity index (χ3v) is 3.19. The minimum atomic E-state index is -4.05. The molecule has 80 valence electrons. The van der Waals surface area contributed by atoms with E-state index in [1.54, 1.807) is 0 Å². The minimum Gasteiger partial charge on any atom is -0.322 e. The Morgan fingerprint density at radius 3 is 2.08 bits per heavy atom. The summed E-state index contributed by atoms with van der Waals surface area (Å²) in [5, 5.41) is 0. The molecule has 0 saturated carbocycles. The summed E-state index contributed by atoms with van der Waals surface area (Å²) in [7, 11) is -6.60. The van der Waals surface area contributed by atoms with E-state index in [-0.39, 0.29) is 0 Å². The largest absolute Gasteiger partial charge is 0.371 e. The van der Waals surface area contributed by atoms with Gasteiger partial charge >= 0.3 is 15.2 Å². The quantitative estimate of drug-likeness (QED) is 0.326. The maximum absolute atomic E-state index is 11.1. The number of hydrogen-bond donors (Lipinski definition) is 3. The summed E-state index contributed by atoms with van der Waals surface area (Å²) in [6, 6.07) is 0. The Kier molecular flexibility index (Phi) is 5.28. The predicted molar refractivity (Wildman–Crippen MR) is 44.7 cm³/mol. The summed E-state index contributed by atoms with van der Waals surface area (Å²) in [6.07, 6.45) is -1.12. The van der Waals surface area contributed by atoms with Gasteiger partial charge in [-0.3, -0.25) is 9.13 Å². The van der Waals surface area contributed by atoms with Crippen LogP contribution in [0.2, 0.25) is 0 Å². The third kappa shape index (κ3) is 4.85. The maximum atomic E-state index is 11.1. The standard InChI is InChI=1S/C3H12N2O6P2/c1-9-13(8,3-5)11-10-12(6,7)2-4/h2-5H2,1H3,(H,6,7). The van der Waals surface area contributed by atoms with E-state index < -0.39 is 27.8 Å². The monoisotopic (exact) mass is 234 g/mol. The Morgan fingerprint density at radius 1 is 1.23 bits per heavy atom. The first-order chi connectivity index (χ1) is 5.89. The van der Waals surface area contributed by atoms with E-state index in [9.17, 15) is 9.13 Å². The van der Waals surface area contributed by atoms with Crippen molar-refractivity contribution in [2.75, 3.05) is 19.7 Å². The van der Waals surface area contributed by atoms with E-state index in [0.717, 1.165) is 7.11 Å². The van der Waals surface area contributed by atoms with Crippen LogP contribution in [0.1, 0.15) is 0 Å². The molecule has 0 heterocycles. The highest BCUT2D eigenvalue weighted by molar-refractivity contribution is 7.55. The highest BCUT2D eigenvalue weighted by Crippen LogP contribution is 2.51. The molecule has 8 nitrogen and oxygen atoms in total. The van der Waals surface area contributed by atoms with Crippen LogP contribution in [-0.2, 0) is 23.0 Å². The Morgan fingerprint density at radius 2 is 1.77 bits per heavy atom. The smallest absolute Gasteiger partial charge is 0.322 e. The van der Waals surface area contributed by atoms with Gasteiger partial charge in [-0.15, -0.1) is 9.35 Å². The molecule has 2 atom stereocenters. The molecule has 5 N–H and O–H groups in total. The van der Waals surface area contributed by atoms with Gasteiger partial charge in [0, 0.05) is 7.11 Å². The predicted octanol–water partition coefficient (Wildman–Crippen LogP) is -0.208. The zero-order valence-electron chi connectivity index (χ0n) is 6.95. The van der Waals surface area contributed by atoms with E-state index in [2.05, 4.69) is 13.9 Å². The second-order valence-electron chi connectivity index (χ2n) is 1.95. The first-order valence-electron chi connectivity index (χ1n) is 3.14. The lowest BCUT2D eigenvalue weighted by Crippen LogP contribution is -2.08. The Bertz CT molecular complexity index is 236. The van der Waals surface area contributed by atoms with Gasteiger partial charge in [0.05, 0.1) is 12.6 Å². The van der Waals surface area contributed by atoms with Crippen molar-refractivity contribution >= 4 is 15.2 Å². The van der Waals surface area contributed by atoms with Crippen LogP contribution in [0, 0.1) is 0 Å². The summed E-state index contributed by atoms with van der Waals surface area (Å²) in [5.41, 5.74) is 9.83. The van der Waals surface area contributed by atoms with Gasteiger partial charge in [-0.2, -0.15) is 0 Å². The van der Waals surface area contributed by atoms with Crippen LogP contribution in [0.5, 0.6) is 0 Å². The first kappa shape index (κ1) is 13.2. The van der Waals surface area contributed by atoms with Gasteiger partial charge in [0.25, 0.3) is 0 Å². The molecule has 0 aliphatic heterocycles. The van der Waals surface area contributed by atoms with Crippen LogP contribution in [0.4, 0.5) is 0 Å². The zero-order chi connectivity index (χ0) is 10.5. The zero-order valence-corrected chi connectivity index (χ0v) is 8.74. The molecule has 0 aliphatic carbocycles. The van der Waals surface area contributed by atoms with Gasteiger partial charge in [0.2, 0.25) is 0 Å². The fraction of sp³-hybridized carbons (Fsp3) is 1.00. The molecule has 0 amide bonds. The number of hydrogen-bond acceptors (Lipinski definition) is 7. The van der Waals surface area contributed by atoms with Gasteiger partial charge in [-0.1, -0.05) is 0 Å². The lowest BCUT2D eigenvalue weighted by molar-refractivity contribution is -0.119. The summed E-state index contributed by atoms with van der Waals surface area (Å²) < 4.78 is 34.3. The maximum Gasteiger partial charge on any atom is 0.371 e. The van der Waals surface area contributed by atoms with Crippen molar-refractivity contribution in [2.45, 2.75) is 0 Å². The van der Waals surface area contributed by atoms with Gasteiger partial charge < -0.3 is 20.9 Å². The van der Waals surface area contributed by atoms with Crippen molar-refractivity contribution in [1.29, 1.82) is 0 Å². The van der Waals surface area contributed by atoms with Crippen LogP contribution >= 0.6 is 15.2 Å². The van der Waals surface area contributed by atoms with Gasteiger partial charge in [-0.05, 0) is 0 Å². The van der Waals surface area contributed by atoms with Crippen LogP contribution in [0.25, 0.3) is 0 Å². The molecule has 0 aromatic carbocycles. The Labute approximate surface area is 75.1 Å². The Hall–Kier alpha value is 0.220. The van der Waals surface area contributed by atoms with Crippen LogP contribution in [0.3, 0.4) is 0 Å². The second kappa shape index (κ2) is 5.19. The molecule has 0 saturated heterocycles. The second-order valence-corrected chi connectivity index (χ2v) is 5.84. The molecule has 0 radical (unpaired) electrons. The molecule has 0 rings (SSSR count). The van der Waals surface area contributed by atoms with Crippen molar-refractivity contribution < 1.29 is 27.9 Å². The fourth-order valence-electron chi connectivity index (χ4n) is 0.269. The molecule has 0 aliphatic rings. The van der Waals surface area contributed by atoms with Crippen molar-refractivity contribution in [3.63, 3.8) is 0 Å². The lowest BCUT2D eigenvalue weighted by Gasteiger charge is -2.14. The summed E-state index contributed by atoms with van der Waals surface area (Å²) in [5.74, 6) is 0. The highest BCUT2D eigenvalue weighted by atomic mass is 31.2. The van der Waals surface area contributed by atoms with Crippen LogP contribution in [-0.4, -0.2) is 24.6 Å². The van der Waals surface area contributed by atoms with Crippen LogP contribution in [0.15, 0.2) is 0 Å². The normalized spacial score (nSPS) is 20.6. The molecular formula is C3H12N2O6P2. The van der Waals surface area contributed by atoms with Crippen LogP contribution < -0.4 is 11.5 Å². The first-order valence-corrected chi connectivity index (χ1v) is 6.63. The van der Waals surface area contributed by atoms with Gasteiger partial charge in [-0.25, -0.2) is 0 Å². The minimum absolute atomic E-state index is 0.464. The molecule has 0 spiro atoms. The van der Waals surface area contributed by atoms with Crippen molar-refractivity contribution in [1.82, 2.24) is 0 Å².